The summed E-state index contributed by atoms with van der Waals surface area (Å²) in [6.45, 7) is 0. The topological polar surface area (TPSA) is 48.7 Å². The van der Waals surface area contributed by atoms with Crippen LogP contribution >= 0.6 is 0 Å². The van der Waals surface area contributed by atoms with Crippen molar-refractivity contribution in [2.24, 2.45) is 0 Å². The number of rotatable bonds is 2. The Labute approximate surface area is 101 Å². The fourth-order valence-corrected chi connectivity index (χ4v) is 1.38. The van der Waals surface area contributed by atoms with Crippen LogP contribution in [0.15, 0.2) is 30.6 Å². The first kappa shape index (κ1) is 11.9. The van der Waals surface area contributed by atoms with Crippen molar-refractivity contribution in [3.8, 4) is 6.07 Å². The van der Waals surface area contributed by atoms with Gasteiger partial charge in [0.05, 0.1) is 29.7 Å². The van der Waals surface area contributed by atoms with Crippen molar-refractivity contribution >= 4 is 11.4 Å². The van der Waals surface area contributed by atoms with Gasteiger partial charge in [-0.25, -0.2) is 13.2 Å². The second-order valence-electron chi connectivity index (χ2n) is 3.44. The first-order valence-corrected chi connectivity index (χ1v) is 4.87. The van der Waals surface area contributed by atoms with E-state index in [2.05, 4.69) is 10.3 Å². The second-order valence-corrected chi connectivity index (χ2v) is 3.44. The number of nitrogens with zero attached hydrogens (tertiary/aromatic N) is 2. The van der Waals surface area contributed by atoms with Crippen molar-refractivity contribution in [1.82, 2.24) is 4.98 Å². The van der Waals surface area contributed by atoms with E-state index in [1.165, 1.54) is 6.20 Å². The molecule has 6 heteroatoms. The van der Waals surface area contributed by atoms with E-state index in [-0.39, 0.29) is 11.3 Å². The summed E-state index contributed by atoms with van der Waals surface area (Å²) in [6.07, 6.45) is 2.19. The number of nitrogens with one attached hydrogen (secondary N) is 1. The molecule has 1 aromatic heterocycles. The number of anilines is 2. The van der Waals surface area contributed by atoms with Crippen molar-refractivity contribution in [2.75, 3.05) is 5.32 Å². The van der Waals surface area contributed by atoms with Gasteiger partial charge in [-0.2, -0.15) is 5.26 Å². The Morgan fingerprint density at radius 2 is 1.72 bits per heavy atom. The van der Waals surface area contributed by atoms with Gasteiger partial charge in [0, 0.05) is 6.07 Å². The number of hydrogen-bond donors (Lipinski definition) is 1. The minimum atomic E-state index is -0.934. The van der Waals surface area contributed by atoms with Crippen LogP contribution < -0.4 is 5.32 Å². The first-order valence-electron chi connectivity index (χ1n) is 4.87. The molecule has 0 saturated carbocycles. The molecule has 0 fully saturated rings. The molecule has 0 aliphatic rings. The summed E-state index contributed by atoms with van der Waals surface area (Å²) in [5, 5.41) is 10.9. The predicted octanol–water partition coefficient (Wildman–Crippen LogP) is 3.11. The Bertz CT molecular complexity index is 612. The van der Waals surface area contributed by atoms with Gasteiger partial charge in [0.25, 0.3) is 0 Å². The third-order valence-corrected chi connectivity index (χ3v) is 2.15. The van der Waals surface area contributed by atoms with Crippen LogP contribution in [0.3, 0.4) is 0 Å². The lowest BCUT2D eigenvalue weighted by Crippen LogP contribution is -1.99. The average molecular weight is 249 g/mol. The molecule has 90 valence electrons. The number of halogens is 3. The number of aromatic nitrogens is 1. The van der Waals surface area contributed by atoms with E-state index in [9.17, 15) is 13.2 Å². The van der Waals surface area contributed by atoms with Gasteiger partial charge >= 0.3 is 0 Å². The molecule has 0 bridgehead atoms. The molecule has 3 nitrogen and oxygen atoms in total. The highest BCUT2D eigenvalue weighted by Gasteiger charge is 2.11. The minimum absolute atomic E-state index is 0.109. The molecule has 18 heavy (non-hydrogen) atoms. The smallest absolute Gasteiger partial charge is 0.150 e. The molecule has 0 aliphatic heterocycles. The molecule has 0 saturated heterocycles. The lowest BCUT2D eigenvalue weighted by atomic mass is 10.2. The van der Waals surface area contributed by atoms with E-state index < -0.39 is 23.1 Å². The van der Waals surface area contributed by atoms with Crippen LogP contribution in [0, 0.1) is 28.8 Å². The van der Waals surface area contributed by atoms with Gasteiger partial charge in [0.1, 0.15) is 11.5 Å². The van der Waals surface area contributed by atoms with Crippen LogP contribution in [-0.4, -0.2) is 4.98 Å². The first-order chi connectivity index (χ1) is 8.60. The molecule has 1 aromatic carbocycles. The molecule has 1 N–H and O–H groups in total. The van der Waals surface area contributed by atoms with Gasteiger partial charge in [-0.3, -0.25) is 4.98 Å². The molecule has 0 unspecified atom stereocenters. The fraction of sp³-hybridized carbons (Fsp3) is 0. The van der Waals surface area contributed by atoms with E-state index in [0.29, 0.717) is 0 Å². The number of benzene rings is 1. The zero-order valence-corrected chi connectivity index (χ0v) is 8.92. The summed E-state index contributed by atoms with van der Waals surface area (Å²) in [5.74, 6) is -2.50. The van der Waals surface area contributed by atoms with E-state index >= 15 is 0 Å². The highest BCUT2D eigenvalue weighted by atomic mass is 19.1. The Hall–Kier alpha value is -2.55. The third kappa shape index (κ3) is 2.40. The van der Waals surface area contributed by atoms with Gasteiger partial charge in [0.2, 0.25) is 0 Å². The van der Waals surface area contributed by atoms with Crippen molar-refractivity contribution < 1.29 is 13.2 Å². The Kier molecular flexibility index (Phi) is 3.15. The average Bonchev–Trinajstić information content (AvgIpc) is 2.33. The summed E-state index contributed by atoms with van der Waals surface area (Å²) in [7, 11) is 0. The molecule has 2 rings (SSSR count). The van der Waals surface area contributed by atoms with Gasteiger partial charge in [-0.15, -0.1) is 0 Å². The number of pyridine rings is 1. The van der Waals surface area contributed by atoms with E-state index in [1.54, 1.807) is 6.07 Å². The molecule has 0 aliphatic carbocycles. The molecule has 0 amide bonds. The summed E-state index contributed by atoms with van der Waals surface area (Å²) in [5.41, 5.74) is -0.480. The molecule has 0 radical (unpaired) electrons. The van der Waals surface area contributed by atoms with Crippen molar-refractivity contribution in [1.29, 1.82) is 5.26 Å². The fourth-order valence-electron chi connectivity index (χ4n) is 1.38. The monoisotopic (exact) mass is 249 g/mol. The van der Waals surface area contributed by atoms with E-state index in [4.69, 9.17) is 5.26 Å². The van der Waals surface area contributed by atoms with Gasteiger partial charge < -0.3 is 5.32 Å². The number of nitriles is 1. The van der Waals surface area contributed by atoms with Crippen LogP contribution in [0.25, 0.3) is 0 Å². The SMILES string of the molecule is N#Cc1cc(F)c(Nc2cncc(F)c2)c(F)c1. The third-order valence-electron chi connectivity index (χ3n) is 2.15. The lowest BCUT2D eigenvalue weighted by molar-refractivity contribution is 0.589. The maximum atomic E-state index is 13.5. The van der Waals surface area contributed by atoms with Crippen LogP contribution in [0.4, 0.5) is 24.5 Å². The number of hydrogen-bond acceptors (Lipinski definition) is 3. The standard InChI is InChI=1S/C12H6F3N3/c13-8-3-9(6-17-5-8)18-12-10(14)1-7(4-16)2-11(12)15/h1-3,5-6,18H. The molecule has 0 spiro atoms. The van der Waals surface area contributed by atoms with Gasteiger partial charge in [-0.05, 0) is 12.1 Å². The Balaban J connectivity index is 2.38. The maximum absolute atomic E-state index is 13.5. The summed E-state index contributed by atoms with van der Waals surface area (Å²) < 4.78 is 39.9. The Morgan fingerprint density at radius 1 is 1.06 bits per heavy atom. The summed E-state index contributed by atoms with van der Waals surface area (Å²) >= 11 is 0. The predicted molar refractivity (Wildman–Crippen MR) is 58.6 cm³/mol. The Morgan fingerprint density at radius 3 is 2.28 bits per heavy atom. The maximum Gasteiger partial charge on any atom is 0.150 e. The van der Waals surface area contributed by atoms with Crippen LogP contribution in [0.1, 0.15) is 5.56 Å². The van der Waals surface area contributed by atoms with Crippen LogP contribution in [0.2, 0.25) is 0 Å². The normalized spacial score (nSPS) is 9.89. The molecule has 0 atom stereocenters. The molecular weight excluding hydrogens is 243 g/mol. The van der Waals surface area contributed by atoms with Gasteiger partial charge in [0.15, 0.2) is 11.6 Å². The zero-order chi connectivity index (χ0) is 13.1. The highest BCUT2D eigenvalue weighted by molar-refractivity contribution is 5.61. The summed E-state index contributed by atoms with van der Waals surface area (Å²) in [4.78, 5) is 3.54. The molecule has 1 heterocycles. The zero-order valence-electron chi connectivity index (χ0n) is 8.92. The van der Waals surface area contributed by atoms with Crippen LogP contribution in [0.5, 0.6) is 0 Å². The van der Waals surface area contributed by atoms with E-state index in [1.807, 2.05) is 0 Å². The van der Waals surface area contributed by atoms with Crippen molar-refractivity contribution in [3.63, 3.8) is 0 Å². The van der Waals surface area contributed by atoms with E-state index in [0.717, 1.165) is 24.4 Å². The summed E-state index contributed by atoms with van der Waals surface area (Å²) in [6, 6.07) is 4.45. The van der Waals surface area contributed by atoms with Crippen LogP contribution in [-0.2, 0) is 0 Å². The lowest BCUT2D eigenvalue weighted by Gasteiger charge is -2.08. The largest absolute Gasteiger partial charge is 0.349 e. The van der Waals surface area contributed by atoms with Crippen molar-refractivity contribution in [3.05, 3.63) is 53.6 Å². The quantitative estimate of drug-likeness (QED) is 0.889. The molecular formula is C12H6F3N3. The second kappa shape index (κ2) is 4.75. The minimum Gasteiger partial charge on any atom is -0.349 e. The highest BCUT2D eigenvalue weighted by Crippen LogP contribution is 2.24. The van der Waals surface area contributed by atoms with Gasteiger partial charge in [-0.1, -0.05) is 0 Å². The van der Waals surface area contributed by atoms with Crippen molar-refractivity contribution in [2.45, 2.75) is 0 Å². The molecule has 2 aromatic rings.